The van der Waals surface area contributed by atoms with Gasteiger partial charge in [0.25, 0.3) is 0 Å². The Morgan fingerprint density at radius 3 is 2.59 bits per heavy atom. The number of carboxylic acids is 1. The summed E-state index contributed by atoms with van der Waals surface area (Å²) in [5.41, 5.74) is 0.690. The molecule has 0 heterocycles. The molecule has 0 saturated heterocycles. The van der Waals surface area contributed by atoms with Crippen molar-refractivity contribution in [3.63, 3.8) is 0 Å². The van der Waals surface area contributed by atoms with Crippen molar-refractivity contribution in [3.8, 4) is 5.75 Å². The van der Waals surface area contributed by atoms with E-state index in [0.29, 0.717) is 11.3 Å². The third kappa shape index (κ3) is 3.06. The van der Waals surface area contributed by atoms with Gasteiger partial charge in [-0.25, -0.2) is 4.79 Å². The van der Waals surface area contributed by atoms with Crippen molar-refractivity contribution in [1.82, 2.24) is 0 Å². The number of hydrogen-bond acceptors (Lipinski definition) is 2. The van der Waals surface area contributed by atoms with E-state index in [1.165, 1.54) is 19.2 Å². The molecule has 0 aliphatic rings. The molecule has 6 heteroatoms. The maximum absolute atomic E-state index is 13.1. The van der Waals surface area contributed by atoms with Crippen molar-refractivity contribution in [3.05, 3.63) is 28.3 Å². The van der Waals surface area contributed by atoms with Crippen LogP contribution in [0.4, 0.5) is 8.78 Å². The number of rotatable bonds is 4. The van der Waals surface area contributed by atoms with Crippen LogP contribution in [-0.2, 0) is 11.2 Å². The van der Waals surface area contributed by atoms with E-state index in [1.807, 2.05) is 0 Å². The van der Waals surface area contributed by atoms with Crippen LogP contribution in [0.2, 0.25) is 5.02 Å². The second-order valence-electron chi connectivity index (χ2n) is 3.60. The van der Waals surface area contributed by atoms with E-state index < -0.39 is 18.3 Å². The molecule has 0 bridgehead atoms. The molecule has 1 aromatic rings. The fourth-order valence-electron chi connectivity index (χ4n) is 1.36. The van der Waals surface area contributed by atoms with Crippen molar-refractivity contribution < 1.29 is 23.4 Å². The number of alkyl halides is 2. The van der Waals surface area contributed by atoms with Crippen LogP contribution in [0.1, 0.15) is 11.1 Å². The summed E-state index contributed by atoms with van der Waals surface area (Å²) < 4.78 is 31.0. The standard InChI is InChI=1S/C11H11ClF2O3/c1-6-3-9(17-2)8(12)4-7(6)5-11(13,14)10(15)16/h3-4H,5H2,1-2H3,(H,15,16). The van der Waals surface area contributed by atoms with Gasteiger partial charge in [0.1, 0.15) is 5.75 Å². The summed E-state index contributed by atoms with van der Waals surface area (Å²) in [5, 5.41) is 8.53. The highest BCUT2D eigenvalue weighted by atomic mass is 35.5. The van der Waals surface area contributed by atoms with Crippen LogP contribution in [-0.4, -0.2) is 24.1 Å². The predicted molar refractivity (Wildman–Crippen MR) is 59.0 cm³/mol. The Morgan fingerprint density at radius 2 is 2.12 bits per heavy atom. The number of hydrogen-bond donors (Lipinski definition) is 1. The Bertz CT molecular complexity index is 447. The zero-order valence-corrected chi connectivity index (χ0v) is 10.0. The molecule has 0 fully saturated rings. The fraction of sp³-hybridized carbons (Fsp3) is 0.364. The summed E-state index contributed by atoms with van der Waals surface area (Å²) in [6.45, 7) is 1.59. The quantitative estimate of drug-likeness (QED) is 0.909. The van der Waals surface area contributed by atoms with Crippen LogP contribution in [0.5, 0.6) is 5.75 Å². The first-order chi connectivity index (χ1) is 7.77. The van der Waals surface area contributed by atoms with Crippen LogP contribution < -0.4 is 4.74 Å². The van der Waals surface area contributed by atoms with E-state index in [9.17, 15) is 13.6 Å². The van der Waals surface area contributed by atoms with Crippen molar-refractivity contribution in [2.24, 2.45) is 0 Å². The van der Waals surface area contributed by atoms with Gasteiger partial charge in [0, 0.05) is 6.42 Å². The van der Waals surface area contributed by atoms with E-state index in [-0.39, 0.29) is 10.6 Å². The lowest BCUT2D eigenvalue weighted by Gasteiger charge is -2.14. The first kappa shape index (κ1) is 13.7. The fourth-order valence-corrected chi connectivity index (χ4v) is 1.62. The van der Waals surface area contributed by atoms with Gasteiger partial charge < -0.3 is 9.84 Å². The number of benzene rings is 1. The van der Waals surface area contributed by atoms with Gasteiger partial charge in [-0.2, -0.15) is 8.78 Å². The maximum atomic E-state index is 13.1. The molecule has 1 aromatic carbocycles. The Balaban J connectivity index is 3.08. The lowest BCUT2D eigenvalue weighted by Crippen LogP contribution is -2.30. The minimum absolute atomic E-state index is 0.175. The third-order valence-electron chi connectivity index (χ3n) is 2.34. The van der Waals surface area contributed by atoms with Gasteiger partial charge in [0.05, 0.1) is 12.1 Å². The SMILES string of the molecule is COc1cc(C)c(CC(F)(F)C(=O)O)cc1Cl. The Kier molecular flexibility index (Phi) is 3.93. The molecule has 0 aromatic heterocycles. The molecule has 17 heavy (non-hydrogen) atoms. The second-order valence-corrected chi connectivity index (χ2v) is 4.01. The summed E-state index contributed by atoms with van der Waals surface area (Å²) in [6, 6.07) is 2.79. The van der Waals surface area contributed by atoms with E-state index in [0.717, 1.165) is 0 Å². The van der Waals surface area contributed by atoms with Crippen LogP contribution in [0.3, 0.4) is 0 Å². The number of halogens is 3. The largest absolute Gasteiger partial charge is 0.495 e. The Hall–Kier alpha value is -1.36. The second kappa shape index (κ2) is 4.87. The van der Waals surface area contributed by atoms with Crippen molar-refractivity contribution in [1.29, 1.82) is 0 Å². The first-order valence-electron chi connectivity index (χ1n) is 4.72. The molecule has 0 saturated carbocycles. The van der Waals surface area contributed by atoms with Gasteiger partial charge in [-0.05, 0) is 30.2 Å². The summed E-state index contributed by atoms with van der Waals surface area (Å²) in [7, 11) is 1.41. The van der Waals surface area contributed by atoms with Crippen molar-refractivity contribution in [2.75, 3.05) is 7.11 Å². The van der Waals surface area contributed by atoms with Crippen LogP contribution in [0.15, 0.2) is 12.1 Å². The minimum atomic E-state index is -3.80. The molecule has 0 aliphatic carbocycles. The van der Waals surface area contributed by atoms with Crippen molar-refractivity contribution in [2.45, 2.75) is 19.3 Å². The molecule has 1 N–H and O–H groups in total. The monoisotopic (exact) mass is 264 g/mol. The van der Waals surface area contributed by atoms with E-state index >= 15 is 0 Å². The third-order valence-corrected chi connectivity index (χ3v) is 2.63. The highest BCUT2D eigenvalue weighted by Crippen LogP contribution is 2.31. The average Bonchev–Trinajstić information content (AvgIpc) is 2.22. The van der Waals surface area contributed by atoms with Gasteiger partial charge in [0.2, 0.25) is 0 Å². The molecule has 0 amide bonds. The number of carboxylic acid groups (broad SMARTS) is 1. The zero-order chi connectivity index (χ0) is 13.2. The summed E-state index contributed by atoms with van der Waals surface area (Å²) >= 11 is 5.79. The number of aliphatic carboxylic acids is 1. The first-order valence-corrected chi connectivity index (χ1v) is 5.10. The van der Waals surface area contributed by atoms with Crippen molar-refractivity contribution >= 4 is 17.6 Å². The molecular formula is C11H11ClF2O3. The minimum Gasteiger partial charge on any atom is -0.495 e. The number of carbonyl (C=O) groups is 1. The number of methoxy groups -OCH3 is 1. The maximum Gasteiger partial charge on any atom is 0.374 e. The molecule has 1 rings (SSSR count). The molecule has 3 nitrogen and oxygen atoms in total. The molecule has 0 aliphatic heterocycles. The van der Waals surface area contributed by atoms with Gasteiger partial charge in [0.15, 0.2) is 0 Å². The molecule has 0 spiro atoms. The lowest BCUT2D eigenvalue weighted by molar-refractivity contribution is -0.164. The predicted octanol–water partition coefficient (Wildman–Crippen LogP) is 2.92. The normalized spacial score (nSPS) is 11.4. The Labute approximate surface area is 102 Å². The molecule has 0 unspecified atom stereocenters. The van der Waals surface area contributed by atoms with Gasteiger partial charge >= 0.3 is 11.9 Å². The molecule has 94 valence electrons. The molecular weight excluding hydrogens is 254 g/mol. The highest BCUT2D eigenvalue weighted by Gasteiger charge is 2.39. The summed E-state index contributed by atoms with van der Waals surface area (Å²) in [5.74, 6) is -5.58. The van der Waals surface area contributed by atoms with E-state index in [4.69, 9.17) is 21.4 Å². The van der Waals surface area contributed by atoms with Gasteiger partial charge in [-0.1, -0.05) is 11.6 Å². The number of ether oxygens (including phenoxy) is 1. The van der Waals surface area contributed by atoms with Gasteiger partial charge in [-0.3, -0.25) is 0 Å². The van der Waals surface area contributed by atoms with Crippen LogP contribution in [0, 0.1) is 6.92 Å². The molecule has 0 atom stereocenters. The smallest absolute Gasteiger partial charge is 0.374 e. The van der Waals surface area contributed by atoms with E-state index in [1.54, 1.807) is 6.92 Å². The highest BCUT2D eigenvalue weighted by molar-refractivity contribution is 6.32. The summed E-state index contributed by atoms with van der Waals surface area (Å²) in [6.07, 6.45) is -0.891. The van der Waals surface area contributed by atoms with E-state index in [2.05, 4.69) is 0 Å². The Morgan fingerprint density at radius 1 is 1.53 bits per heavy atom. The van der Waals surface area contributed by atoms with Crippen LogP contribution >= 0.6 is 11.6 Å². The summed E-state index contributed by atoms with van der Waals surface area (Å²) in [4.78, 5) is 10.3. The number of aryl methyl sites for hydroxylation is 1. The van der Waals surface area contributed by atoms with Crippen LogP contribution in [0.25, 0.3) is 0 Å². The average molecular weight is 265 g/mol. The molecule has 0 radical (unpaired) electrons. The van der Waals surface area contributed by atoms with Gasteiger partial charge in [-0.15, -0.1) is 0 Å². The lowest BCUT2D eigenvalue weighted by atomic mass is 10.0. The zero-order valence-electron chi connectivity index (χ0n) is 9.26. The topological polar surface area (TPSA) is 46.5 Å².